The molecule has 1 aromatic heterocycles. The molecule has 1 saturated heterocycles. The first-order chi connectivity index (χ1) is 15.6. The van der Waals surface area contributed by atoms with Crippen molar-refractivity contribution in [3.8, 4) is 0 Å². The van der Waals surface area contributed by atoms with Crippen molar-refractivity contribution in [1.29, 1.82) is 0 Å². The number of alkyl halides is 3. The highest BCUT2D eigenvalue weighted by atomic mass is 19.4. The van der Waals surface area contributed by atoms with Crippen LogP contribution >= 0.6 is 0 Å². The number of nitrogens with zero attached hydrogens (tertiary/aromatic N) is 2. The van der Waals surface area contributed by atoms with Crippen molar-refractivity contribution in [1.82, 2.24) is 31.5 Å². The number of rotatable bonds is 8. The zero-order valence-electron chi connectivity index (χ0n) is 18.4. The minimum Gasteiger partial charge on any atom is -0.446 e. The van der Waals surface area contributed by atoms with Gasteiger partial charge in [-0.1, -0.05) is 0 Å². The zero-order chi connectivity index (χ0) is 24.0. The van der Waals surface area contributed by atoms with Gasteiger partial charge < -0.3 is 20.1 Å². The van der Waals surface area contributed by atoms with Gasteiger partial charge in [-0.3, -0.25) is 15.2 Å². The molecule has 0 bridgehead atoms. The molecule has 5 atom stereocenters. The lowest BCUT2D eigenvalue weighted by atomic mass is 9.96. The predicted octanol–water partition coefficient (Wildman–Crippen LogP) is 1.28. The van der Waals surface area contributed by atoms with E-state index in [1.54, 1.807) is 7.11 Å². The van der Waals surface area contributed by atoms with Crippen LogP contribution in [0.25, 0.3) is 0 Å². The summed E-state index contributed by atoms with van der Waals surface area (Å²) < 4.78 is 48.1. The third kappa shape index (κ3) is 7.51. The highest BCUT2D eigenvalue weighted by Crippen LogP contribution is 2.33. The van der Waals surface area contributed by atoms with Crippen LogP contribution in [0.2, 0.25) is 0 Å². The minimum absolute atomic E-state index is 0.0882. The largest absolute Gasteiger partial charge is 0.446 e. The third-order valence-electron chi connectivity index (χ3n) is 5.65. The quantitative estimate of drug-likeness (QED) is 0.444. The number of methoxy groups -OCH3 is 1. The minimum atomic E-state index is -4.57. The molecule has 3 rings (SSSR count). The second-order valence-corrected chi connectivity index (χ2v) is 8.42. The molecule has 1 aliphatic heterocycles. The molecular formula is C20H29F3N6O4. The van der Waals surface area contributed by atoms with Gasteiger partial charge in [0.2, 0.25) is 5.91 Å². The average Bonchev–Trinajstić information content (AvgIpc) is 3.37. The summed E-state index contributed by atoms with van der Waals surface area (Å²) in [4.78, 5) is 31.2. The molecule has 2 heterocycles. The molecule has 0 radical (unpaired) electrons. The van der Waals surface area contributed by atoms with Gasteiger partial charge in [-0.2, -0.15) is 13.2 Å². The molecule has 2 unspecified atom stereocenters. The van der Waals surface area contributed by atoms with E-state index >= 15 is 0 Å². The number of amides is 2. The maximum atomic E-state index is 12.6. The maximum Gasteiger partial charge on any atom is 0.434 e. The van der Waals surface area contributed by atoms with Crippen molar-refractivity contribution in [3.05, 3.63) is 23.8 Å². The van der Waals surface area contributed by atoms with Crippen molar-refractivity contribution in [2.45, 2.75) is 69.6 Å². The first-order valence-electron chi connectivity index (χ1n) is 10.8. The summed E-state index contributed by atoms with van der Waals surface area (Å²) >= 11 is 0. The van der Waals surface area contributed by atoms with E-state index in [1.807, 2.05) is 6.92 Å². The molecule has 0 aromatic carbocycles. The van der Waals surface area contributed by atoms with E-state index in [1.165, 1.54) is 0 Å². The summed E-state index contributed by atoms with van der Waals surface area (Å²) in [5.41, 5.74) is 5.25. The van der Waals surface area contributed by atoms with Crippen molar-refractivity contribution < 1.29 is 32.2 Å². The van der Waals surface area contributed by atoms with Gasteiger partial charge in [0.05, 0.1) is 37.1 Å². The molecule has 10 nitrogen and oxygen atoms in total. The fraction of sp³-hybridized carbons (Fsp3) is 0.700. The van der Waals surface area contributed by atoms with E-state index in [9.17, 15) is 22.8 Å². The van der Waals surface area contributed by atoms with Crippen molar-refractivity contribution in [2.24, 2.45) is 5.92 Å². The molecule has 33 heavy (non-hydrogen) atoms. The number of halogens is 3. The molecule has 2 amide bonds. The molecule has 1 aliphatic carbocycles. The van der Waals surface area contributed by atoms with Crippen molar-refractivity contribution >= 4 is 12.0 Å². The van der Waals surface area contributed by atoms with Crippen molar-refractivity contribution in [2.75, 3.05) is 13.7 Å². The van der Waals surface area contributed by atoms with E-state index in [-0.39, 0.29) is 48.3 Å². The number of hydrazine groups is 1. The lowest BCUT2D eigenvalue weighted by molar-refractivity contribution is -0.141. The molecule has 0 spiro atoms. The second kappa shape index (κ2) is 11.1. The number of nitrogens with one attached hydrogen (secondary N) is 4. The lowest BCUT2D eigenvalue weighted by Crippen LogP contribution is -2.45. The fourth-order valence-corrected chi connectivity index (χ4v) is 4.11. The van der Waals surface area contributed by atoms with Gasteiger partial charge >= 0.3 is 12.3 Å². The van der Waals surface area contributed by atoms with Crippen LogP contribution in [0.5, 0.6) is 0 Å². The number of carbonyl (C=O) groups excluding carboxylic acids is 2. The molecule has 2 fully saturated rings. The number of carbonyl (C=O) groups is 2. The van der Waals surface area contributed by atoms with Crippen LogP contribution in [0.4, 0.5) is 18.0 Å². The molecule has 1 aromatic rings. The Bertz CT molecular complexity index is 810. The topological polar surface area (TPSA) is 126 Å². The number of aromatic nitrogens is 2. The summed E-state index contributed by atoms with van der Waals surface area (Å²) in [5, 5.41) is 5.52. The van der Waals surface area contributed by atoms with Gasteiger partial charge in [0.25, 0.3) is 0 Å². The van der Waals surface area contributed by atoms with Crippen LogP contribution < -0.4 is 21.5 Å². The van der Waals surface area contributed by atoms with E-state index < -0.39 is 18.0 Å². The number of hydrogen-bond donors (Lipinski definition) is 4. The Labute approximate surface area is 189 Å². The van der Waals surface area contributed by atoms with Gasteiger partial charge in [0.1, 0.15) is 6.10 Å². The Balaban J connectivity index is 1.39. The van der Waals surface area contributed by atoms with E-state index in [2.05, 4.69) is 31.5 Å². The summed E-state index contributed by atoms with van der Waals surface area (Å²) in [6.07, 6.45) is -1.15. The normalized spacial score (nSPS) is 26.1. The SMILES string of the molecule is COC[C@H](C)NC(=O)O[C@@H]1CC[C@H](C2CC(NC(=O)Cc3cnc(C(F)(F)F)cn3)NN2)C1. The molecule has 1 saturated carbocycles. The van der Waals surface area contributed by atoms with Gasteiger partial charge in [0, 0.05) is 19.3 Å². The van der Waals surface area contributed by atoms with E-state index in [0.717, 1.165) is 19.0 Å². The smallest absolute Gasteiger partial charge is 0.434 e. The first kappa shape index (κ1) is 25.1. The molecule has 184 valence electrons. The van der Waals surface area contributed by atoms with Crippen LogP contribution in [0, 0.1) is 5.92 Å². The Kier molecular flexibility index (Phi) is 8.43. The third-order valence-corrected chi connectivity index (χ3v) is 5.65. The molecular weight excluding hydrogens is 445 g/mol. The van der Waals surface area contributed by atoms with Crippen LogP contribution in [-0.2, 0) is 26.9 Å². The summed E-state index contributed by atoms with van der Waals surface area (Å²) in [6, 6.07) is -0.0523. The zero-order valence-corrected chi connectivity index (χ0v) is 18.4. The number of hydrogen-bond acceptors (Lipinski definition) is 8. The van der Waals surface area contributed by atoms with Gasteiger partial charge in [-0.25, -0.2) is 15.2 Å². The maximum absolute atomic E-state index is 12.6. The highest BCUT2D eigenvalue weighted by molar-refractivity contribution is 5.78. The van der Waals surface area contributed by atoms with Crippen LogP contribution in [0.15, 0.2) is 12.4 Å². The van der Waals surface area contributed by atoms with Crippen LogP contribution in [-0.4, -0.2) is 60.0 Å². The van der Waals surface area contributed by atoms with Crippen LogP contribution in [0.1, 0.15) is 44.0 Å². The highest BCUT2D eigenvalue weighted by Gasteiger charge is 2.37. The average molecular weight is 474 g/mol. The molecule has 2 aliphatic rings. The standard InChI is InChI=1S/C20H29F3N6O4/c1-11(10-32-2)26-19(31)33-14-4-3-12(5-14)15-7-17(29-28-15)27-18(30)6-13-8-25-16(9-24-13)20(21,22)23/h8-9,11-12,14-15,17,28-29H,3-7,10H2,1-2H3,(H,26,31)(H,27,30)/t11-,12-,14+,15?,17?/m0/s1. The summed E-state index contributed by atoms with van der Waals surface area (Å²) in [7, 11) is 1.56. The Morgan fingerprint density at radius 1 is 1.21 bits per heavy atom. The van der Waals surface area contributed by atoms with E-state index in [0.29, 0.717) is 25.6 Å². The Hall–Kier alpha value is -2.51. The molecule has 4 N–H and O–H groups in total. The lowest BCUT2D eigenvalue weighted by Gasteiger charge is -2.19. The number of ether oxygens (including phenoxy) is 2. The predicted molar refractivity (Wildman–Crippen MR) is 109 cm³/mol. The Morgan fingerprint density at radius 2 is 2.00 bits per heavy atom. The summed E-state index contributed by atoms with van der Waals surface area (Å²) in [6.45, 7) is 2.23. The molecule has 13 heteroatoms. The van der Waals surface area contributed by atoms with Gasteiger partial charge in [-0.05, 0) is 38.5 Å². The first-order valence-corrected chi connectivity index (χ1v) is 10.8. The monoisotopic (exact) mass is 474 g/mol. The van der Waals surface area contributed by atoms with Crippen LogP contribution in [0.3, 0.4) is 0 Å². The van der Waals surface area contributed by atoms with E-state index in [4.69, 9.17) is 9.47 Å². The summed E-state index contributed by atoms with van der Waals surface area (Å²) in [5.74, 6) is -0.104. The Morgan fingerprint density at radius 3 is 2.67 bits per heavy atom. The van der Waals surface area contributed by atoms with Crippen molar-refractivity contribution in [3.63, 3.8) is 0 Å². The van der Waals surface area contributed by atoms with Gasteiger partial charge in [0.15, 0.2) is 5.69 Å². The second-order valence-electron chi connectivity index (χ2n) is 8.42. The van der Waals surface area contributed by atoms with Gasteiger partial charge in [-0.15, -0.1) is 0 Å². The fourth-order valence-electron chi connectivity index (χ4n) is 4.11. The number of alkyl carbamates (subject to hydrolysis) is 1.